The monoisotopic (exact) mass is 400 g/mol. The lowest BCUT2D eigenvalue weighted by atomic mass is 10.0. The SMILES string of the molecule is CCO[NH+]([O-])CCc1ccc(C(=O)c2c(O)n(C(C)=O)c3cc(F)ccc23)cc1. The van der Waals surface area contributed by atoms with E-state index in [1.165, 1.54) is 19.1 Å². The predicted octanol–water partition coefficient (Wildman–Crippen LogP) is 2.25. The van der Waals surface area contributed by atoms with Gasteiger partial charge in [-0.2, -0.15) is 0 Å². The van der Waals surface area contributed by atoms with Crippen LogP contribution in [-0.2, 0) is 11.3 Å². The Morgan fingerprint density at radius 2 is 1.90 bits per heavy atom. The van der Waals surface area contributed by atoms with E-state index in [1.807, 2.05) is 0 Å². The summed E-state index contributed by atoms with van der Waals surface area (Å²) in [6.45, 7) is 3.52. The first-order chi connectivity index (χ1) is 13.8. The van der Waals surface area contributed by atoms with Crippen molar-refractivity contribution in [2.24, 2.45) is 0 Å². The first-order valence-corrected chi connectivity index (χ1v) is 9.16. The molecular formula is C21H21FN2O5. The molecule has 1 unspecified atom stereocenters. The van der Waals surface area contributed by atoms with Crippen LogP contribution in [0.2, 0.25) is 0 Å². The number of rotatable bonds is 7. The Morgan fingerprint density at radius 3 is 2.52 bits per heavy atom. The van der Waals surface area contributed by atoms with Crippen molar-refractivity contribution in [2.75, 3.05) is 13.2 Å². The van der Waals surface area contributed by atoms with Gasteiger partial charge in [0.15, 0.2) is 5.78 Å². The second kappa shape index (κ2) is 8.52. The van der Waals surface area contributed by atoms with E-state index in [9.17, 15) is 24.3 Å². The average molecular weight is 400 g/mol. The number of halogens is 1. The van der Waals surface area contributed by atoms with Crippen LogP contribution in [0.1, 0.15) is 40.1 Å². The smallest absolute Gasteiger partial charge is 0.230 e. The lowest BCUT2D eigenvalue weighted by Gasteiger charge is -2.18. The summed E-state index contributed by atoms with van der Waals surface area (Å²) in [5.74, 6) is -2.13. The fourth-order valence-electron chi connectivity index (χ4n) is 3.24. The Balaban J connectivity index is 1.92. The van der Waals surface area contributed by atoms with Crippen LogP contribution in [0.3, 0.4) is 0 Å². The quantitative estimate of drug-likeness (QED) is 0.469. The van der Waals surface area contributed by atoms with Crippen LogP contribution in [0, 0.1) is 11.0 Å². The van der Waals surface area contributed by atoms with Crippen molar-refractivity contribution in [3.05, 3.63) is 70.2 Å². The summed E-state index contributed by atoms with van der Waals surface area (Å²) in [6, 6.07) is 10.2. The molecule has 0 saturated heterocycles. The summed E-state index contributed by atoms with van der Waals surface area (Å²) in [6.07, 6.45) is 0.474. The van der Waals surface area contributed by atoms with Crippen molar-refractivity contribution in [2.45, 2.75) is 20.3 Å². The molecule has 29 heavy (non-hydrogen) atoms. The van der Waals surface area contributed by atoms with Crippen LogP contribution < -0.4 is 5.23 Å². The zero-order valence-corrected chi connectivity index (χ0v) is 16.1. The number of hydrogen-bond donors (Lipinski definition) is 2. The summed E-state index contributed by atoms with van der Waals surface area (Å²) < 4.78 is 14.6. The van der Waals surface area contributed by atoms with Gasteiger partial charge in [0.05, 0.1) is 11.1 Å². The molecule has 1 heterocycles. The van der Waals surface area contributed by atoms with Gasteiger partial charge in [0.1, 0.15) is 19.0 Å². The molecule has 0 saturated carbocycles. The molecular weight excluding hydrogens is 379 g/mol. The van der Waals surface area contributed by atoms with Gasteiger partial charge in [-0.3, -0.25) is 9.59 Å². The highest BCUT2D eigenvalue weighted by atomic mass is 19.1. The Kier molecular flexibility index (Phi) is 6.07. The maximum atomic E-state index is 13.6. The number of nitrogens with zero attached hydrogens (tertiary/aromatic N) is 1. The number of nitrogens with one attached hydrogen (secondary N) is 1. The Bertz CT molecular complexity index is 1060. The molecule has 2 aromatic carbocycles. The minimum atomic E-state index is -0.581. The largest absolute Gasteiger partial charge is 0.600 e. The summed E-state index contributed by atoms with van der Waals surface area (Å²) in [5.41, 5.74) is 1.22. The first-order valence-electron chi connectivity index (χ1n) is 9.16. The van der Waals surface area contributed by atoms with Crippen molar-refractivity contribution in [3.8, 4) is 5.88 Å². The molecule has 0 radical (unpaired) electrons. The number of aromatic nitrogens is 1. The molecule has 1 aromatic heterocycles. The predicted molar refractivity (Wildman–Crippen MR) is 104 cm³/mol. The molecule has 3 rings (SSSR count). The van der Waals surface area contributed by atoms with Gasteiger partial charge >= 0.3 is 0 Å². The zero-order valence-electron chi connectivity index (χ0n) is 16.1. The number of aromatic hydroxyl groups is 1. The standard InChI is InChI=1S/C21H21FN2O5/c1-3-29-23(28)11-10-14-4-6-15(7-5-14)20(26)19-17-9-8-16(22)12-18(17)24(13(2)25)21(19)27/h4-9,12,23,27H,3,10-11H2,1-2H3. The van der Waals surface area contributed by atoms with Gasteiger partial charge in [0.25, 0.3) is 0 Å². The van der Waals surface area contributed by atoms with Crippen molar-refractivity contribution in [3.63, 3.8) is 0 Å². The van der Waals surface area contributed by atoms with E-state index < -0.39 is 23.4 Å². The minimum absolute atomic E-state index is 0.0607. The van der Waals surface area contributed by atoms with E-state index in [1.54, 1.807) is 31.2 Å². The second-order valence-corrected chi connectivity index (χ2v) is 6.55. The Hall–Kier alpha value is -3.07. The van der Waals surface area contributed by atoms with Crippen molar-refractivity contribution < 1.29 is 29.2 Å². The third kappa shape index (κ3) is 4.19. The number of quaternary nitrogens is 1. The van der Waals surface area contributed by atoms with Gasteiger partial charge in [0, 0.05) is 24.3 Å². The molecule has 152 valence electrons. The summed E-state index contributed by atoms with van der Waals surface area (Å²) in [5, 5.41) is 22.0. The fourth-order valence-corrected chi connectivity index (χ4v) is 3.24. The van der Waals surface area contributed by atoms with Crippen LogP contribution in [0.5, 0.6) is 5.88 Å². The van der Waals surface area contributed by atoms with Crippen LogP contribution in [0.15, 0.2) is 42.5 Å². The third-order valence-electron chi connectivity index (χ3n) is 4.59. The van der Waals surface area contributed by atoms with Crippen LogP contribution in [0.4, 0.5) is 4.39 Å². The minimum Gasteiger partial charge on any atom is -0.600 e. The molecule has 0 bridgehead atoms. The lowest BCUT2D eigenvalue weighted by Crippen LogP contribution is -3.06. The maximum Gasteiger partial charge on any atom is 0.230 e. The van der Waals surface area contributed by atoms with Crippen molar-refractivity contribution in [1.82, 2.24) is 4.57 Å². The molecule has 8 heteroatoms. The van der Waals surface area contributed by atoms with E-state index in [0.717, 1.165) is 16.2 Å². The van der Waals surface area contributed by atoms with Crippen LogP contribution in [0.25, 0.3) is 10.9 Å². The number of carbonyl (C=O) groups excluding carboxylic acids is 2. The highest BCUT2D eigenvalue weighted by molar-refractivity contribution is 6.19. The summed E-state index contributed by atoms with van der Waals surface area (Å²) in [7, 11) is 0. The number of fused-ring (bicyclic) bond motifs is 1. The topological polar surface area (TPSA) is 96.0 Å². The van der Waals surface area contributed by atoms with E-state index in [0.29, 0.717) is 18.6 Å². The number of carbonyl (C=O) groups is 2. The van der Waals surface area contributed by atoms with Gasteiger partial charge < -0.3 is 10.3 Å². The summed E-state index contributed by atoms with van der Waals surface area (Å²) >= 11 is 0. The molecule has 3 aromatic rings. The zero-order chi connectivity index (χ0) is 21.1. The fraction of sp³-hybridized carbons (Fsp3) is 0.238. The van der Waals surface area contributed by atoms with Gasteiger partial charge in [-0.15, -0.1) is 0 Å². The van der Waals surface area contributed by atoms with E-state index in [4.69, 9.17) is 4.84 Å². The Labute approximate surface area is 166 Å². The molecule has 1 atom stereocenters. The lowest BCUT2D eigenvalue weighted by molar-refractivity contribution is -1.05. The average Bonchev–Trinajstić information content (AvgIpc) is 2.97. The molecule has 0 spiro atoms. The van der Waals surface area contributed by atoms with Gasteiger partial charge in [-0.25, -0.2) is 19.0 Å². The highest BCUT2D eigenvalue weighted by Crippen LogP contribution is 2.33. The number of ketones is 1. The molecule has 0 aliphatic rings. The molecule has 0 amide bonds. The molecule has 0 fully saturated rings. The number of benzene rings is 2. The number of hydrogen-bond acceptors (Lipinski definition) is 5. The van der Waals surface area contributed by atoms with Gasteiger partial charge in [0.2, 0.25) is 11.8 Å². The maximum absolute atomic E-state index is 13.6. The van der Waals surface area contributed by atoms with Crippen molar-refractivity contribution >= 4 is 22.6 Å². The van der Waals surface area contributed by atoms with Crippen LogP contribution in [-0.4, -0.2) is 34.5 Å². The van der Waals surface area contributed by atoms with E-state index in [2.05, 4.69) is 0 Å². The normalized spacial score (nSPS) is 12.3. The summed E-state index contributed by atoms with van der Waals surface area (Å²) in [4.78, 5) is 29.8. The molecule has 0 aliphatic carbocycles. The molecule has 7 nitrogen and oxygen atoms in total. The number of hydroxylamine groups is 2. The molecule has 0 aliphatic heterocycles. The second-order valence-electron chi connectivity index (χ2n) is 6.55. The first kappa shape index (κ1) is 20.7. The van der Waals surface area contributed by atoms with E-state index in [-0.39, 0.29) is 28.2 Å². The van der Waals surface area contributed by atoms with E-state index >= 15 is 0 Å². The van der Waals surface area contributed by atoms with Crippen LogP contribution >= 0.6 is 0 Å². The Morgan fingerprint density at radius 1 is 1.21 bits per heavy atom. The highest BCUT2D eigenvalue weighted by Gasteiger charge is 2.25. The van der Waals surface area contributed by atoms with Crippen molar-refractivity contribution in [1.29, 1.82) is 0 Å². The van der Waals surface area contributed by atoms with Gasteiger partial charge in [-0.05, 0) is 30.7 Å². The van der Waals surface area contributed by atoms with Gasteiger partial charge in [-0.1, -0.05) is 24.3 Å². The molecule has 2 N–H and O–H groups in total. The third-order valence-corrected chi connectivity index (χ3v) is 4.59.